The predicted octanol–water partition coefficient (Wildman–Crippen LogP) is 3.88. The molecule has 1 heteroatoms. The second kappa shape index (κ2) is 5.58. The van der Waals surface area contributed by atoms with Crippen LogP contribution < -0.4 is 0 Å². The summed E-state index contributed by atoms with van der Waals surface area (Å²) in [6, 6.07) is 18.6. The van der Waals surface area contributed by atoms with Crippen molar-refractivity contribution < 1.29 is 5.11 Å². The van der Waals surface area contributed by atoms with Crippen LogP contribution >= 0.6 is 0 Å². The van der Waals surface area contributed by atoms with Gasteiger partial charge in [0.1, 0.15) is 0 Å². The zero-order valence-electron chi connectivity index (χ0n) is 11.9. The summed E-state index contributed by atoms with van der Waals surface area (Å²) in [7, 11) is 0. The van der Waals surface area contributed by atoms with Gasteiger partial charge in [0.2, 0.25) is 0 Å². The largest absolute Gasteiger partial charge is 0.392 e. The lowest BCUT2D eigenvalue weighted by atomic mass is 9.77. The molecule has 1 unspecified atom stereocenters. The van der Waals surface area contributed by atoms with Crippen LogP contribution in [0.4, 0.5) is 0 Å². The molecule has 0 aliphatic heterocycles. The zero-order valence-corrected chi connectivity index (χ0v) is 11.9. The number of rotatable bonds is 4. The van der Waals surface area contributed by atoms with E-state index in [0.29, 0.717) is 6.42 Å². The Morgan fingerprint density at radius 3 is 2.11 bits per heavy atom. The molecule has 2 rings (SSSR count). The molecular formula is C18H22O. The zero-order chi connectivity index (χ0) is 13.9. The van der Waals surface area contributed by atoms with Gasteiger partial charge in [0.15, 0.2) is 0 Å². The molecule has 0 radical (unpaired) electrons. The third kappa shape index (κ3) is 3.24. The third-order valence-corrected chi connectivity index (χ3v) is 3.90. The first-order valence-corrected chi connectivity index (χ1v) is 6.79. The van der Waals surface area contributed by atoms with E-state index in [4.69, 9.17) is 0 Å². The fourth-order valence-electron chi connectivity index (χ4n) is 2.26. The van der Waals surface area contributed by atoms with E-state index in [1.807, 2.05) is 18.2 Å². The van der Waals surface area contributed by atoms with Crippen LogP contribution in [-0.4, -0.2) is 11.2 Å². The second-order valence-electron chi connectivity index (χ2n) is 5.79. The van der Waals surface area contributed by atoms with E-state index in [9.17, 15) is 5.11 Å². The standard InChI is InChI=1S/C18H22O/c1-14-9-11-15(12-10-14)13-17(19)18(2,3)16-7-5-4-6-8-16/h4-12,17,19H,13H2,1-3H3. The number of hydrogen-bond acceptors (Lipinski definition) is 1. The molecule has 1 atom stereocenters. The summed E-state index contributed by atoms with van der Waals surface area (Å²) in [6.07, 6.45) is 0.292. The Labute approximate surface area is 115 Å². The Bertz CT molecular complexity index is 511. The average Bonchev–Trinajstić information content (AvgIpc) is 2.42. The van der Waals surface area contributed by atoms with E-state index in [0.717, 1.165) is 0 Å². The molecule has 0 aliphatic carbocycles. The fraction of sp³-hybridized carbons (Fsp3) is 0.333. The Morgan fingerprint density at radius 2 is 1.53 bits per heavy atom. The smallest absolute Gasteiger partial charge is 0.0671 e. The third-order valence-electron chi connectivity index (χ3n) is 3.90. The molecule has 0 saturated carbocycles. The van der Waals surface area contributed by atoms with Crippen molar-refractivity contribution in [1.29, 1.82) is 0 Å². The number of aryl methyl sites for hydroxylation is 1. The lowest BCUT2D eigenvalue weighted by molar-refractivity contribution is 0.1000. The molecular weight excluding hydrogens is 232 g/mol. The summed E-state index contributed by atoms with van der Waals surface area (Å²) >= 11 is 0. The molecule has 0 aliphatic rings. The summed E-state index contributed by atoms with van der Waals surface area (Å²) in [5.74, 6) is 0. The quantitative estimate of drug-likeness (QED) is 0.878. The average molecular weight is 254 g/mol. The van der Waals surface area contributed by atoms with Gasteiger partial charge < -0.3 is 5.11 Å². The molecule has 0 fully saturated rings. The van der Waals surface area contributed by atoms with Crippen LogP contribution in [0.2, 0.25) is 0 Å². The second-order valence-corrected chi connectivity index (χ2v) is 5.79. The van der Waals surface area contributed by atoms with Gasteiger partial charge in [-0.2, -0.15) is 0 Å². The highest BCUT2D eigenvalue weighted by atomic mass is 16.3. The van der Waals surface area contributed by atoms with Gasteiger partial charge in [-0.1, -0.05) is 74.0 Å². The molecule has 0 bridgehead atoms. The Hall–Kier alpha value is -1.60. The van der Waals surface area contributed by atoms with Crippen LogP contribution in [0, 0.1) is 6.92 Å². The van der Waals surface area contributed by atoms with E-state index < -0.39 is 6.10 Å². The molecule has 0 aromatic heterocycles. The number of benzene rings is 2. The Kier molecular flexibility index (Phi) is 4.06. The first kappa shape index (κ1) is 13.8. The van der Waals surface area contributed by atoms with Gasteiger partial charge in [0.25, 0.3) is 0 Å². The van der Waals surface area contributed by atoms with Crippen molar-refractivity contribution in [3.8, 4) is 0 Å². The van der Waals surface area contributed by atoms with E-state index in [1.54, 1.807) is 0 Å². The summed E-state index contributed by atoms with van der Waals surface area (Å²) < 4.78 is 0. The van der Waals surface area contributed by atoms with Crippen molar-refractivity contribution >= 4 is 0 Å². The minimum atomic E-state index is -0.391. The van der Waals surface area contributed by atoms with Gasteiger partial charge in [-0.25, -0.2) is 0 Å². The molecule has 19 heavy (non-hydrogen) atoms. The minimum absolute atomic E-state index is 0.244. The van der Waals surface area contributed by atoms with Gasteiger partial charge in [0.05, 0.1) is 6.10 Å². The molecule has 1 N–H and O–H groups in total. The van der Waals surface area contributed by atoms with Crippen LogP contribution in [0.3, 0.4) is 0 Å². The maximum absolute atomic E-state index is 10.6. The molecule has 2 aromatic carbocycles. The van der Waals surface area contributed by atoms with Crippen LogP contribution in [0.1, 0.15) is 30.5 Å². The van der Waals surface area contributed by atoms with Crippen LogP contribution in [0.5, 0.6) is 0 Å². The number of hydrogen-bond donors (Lipinski definition) is 1. The predicted molar refractivity (Wildman–Crippen MR) is 80.4 cm³/mol. The topological polar surface area (TPSA) is 20.2 Å². The normalized spacial score (nSPS) is 13.3. The molecule has 0 heterocycles. The molecule has 0 saturated heterocycles. The van der Waals surface area contributed by atoms with Crippen molar-refractivity contribution in [1.82, 2.24) is 0 Å². The Balaban J connectivity index is 2.15. The molecule has 2 aromatic rings. The fourth-order valence-corrected chi connectivity index (χ4v) is 2.26. The maximum Gasteiger partial charge on any atom is 0.0671 e. The Morgan fingerprint density at radius 1 is 0.947 bits per heavy atom. The summed E-state index contributed by atoms with van der Waals surface area (Å²) in [5.41, 5.74) is 3.36. The van der Waals surface area contributed by atoms with Gasteiger partial charge in [-0.3, -0.25) is 0 Å². The summed E-state index contributed by atoms with van der Waals surface area (Å²) in [5, 5.41) is 10.6. The van der Waals surface area contributed by atoms with Gasteiger partial charge >= 0.3 is 0 Å². The van der Waals surface area contributed by atoms with E-state index in [2.05, 4.69) is 57.2 Å². The molecule has 0 amide bonds. The van der Waals surface area contributed by atoms with E-state index in [1.165, 1.54) is 16.7 Å². The van der Waals surface area contributed by atoms with E-state index in [-0.39, 0.29) is 5.41 Å². The van der Waals surface area contributed by atoms with Crippen molar-refractivity contribution in [3.63, 3.8) is 0 Å². The highest BCUT2D eigenvalue weighted by Crippen LogP contribution is 2.28. The van der Waals surface area contributed by atoms with Crippen LogP contribution in [0.15, 0.2) is 54.6 Å². The monoisotopic (exact) mass is 254 g/mol. The van der Waals surface area contributed by atoms with Crippen molar-refractivity contribution in [2.45, 2.75) is 38.7 Å². The highest BCUT2D eigenvalue weighted by Gasteiger charge is 2.29. The van der Waals surface area contributed by atoms with Gasteiger partial charge in [-0.15, -0.1) is 0 Å². The van der Waals surface area contributed by atoms with Crippen LogP contribution in [0.25, 0.3) is 0 Å². The van der Waals surface area contributed by atoms with Gasteiger partial charge in [0, 0.05) is 5.41 Å². The lowest BCUT2D eigenvalue weighted by Crippen LogP contribution is -2.35. The minimum Gasteiger partial charge on any atom is -0.392 e. The van der Waals surface area contributed by atoms with Crippen LogP contribution in [-0.2, 0) is 11.8 Å². The van der Waals surface area contributed by atoms with E-state index >= 15 is 0 Å². The van der Waals surface area contributed by atoms with Crippen molar-refractivity contribution in [3.05, 3.63) is 71.3 Å². The van der Waals surface area contributed by atoms with Crippen molar-refractivity contribution in [2.75, 3.05) is 0 Å². The highest BCUT2D eigenvalue weighted by molar-refractivity contribution is 5.27. The SMILES string of the molecule is Cc1ccc(CC(O)C(C)(C)c2ccccc2)cc1. The van der Waals surface area contributed by atoms with Crippen molar-refractivity contribution in [2.24, 2.45) is 0 Å². The number of aliphatic hydroxyl groups excluding tert-OH is 1. The summed E-state index contributed by atoms with van der Waals surface area (Å²) in [6.45, 7) is 6.27. The number of aliphatic hydroxyl groups is 1. The summed E-state index contributed by atoms with van der Waals surface area (Å²) in [4.78, 5) is 0. The first-order chi connectivity index (χ1) is 9.00. The maximum atomic E-state index is 10.6. The molecule has 1 nitrogen and oxygen atoms in total. The lowest BCUT2D eigenvalue weighted by Gasteiger charge is -2.31. The first-order valence-electron chi connectivity index (χ1n) is 6.79. The van der Waals surface area contributed by atoms with Gasteiger partial charge in [-0.05, 0) is 24.5 Å². The molecule has 0 spiro atoms. The molecule has 100 valence electrons.